The summed E-state index contributed by atoms with van der Waals surface area (Å²) in [6.45, 7) is 6.60. The molecule has 1 amide bonds. The molecule has 25 heavy (non-hydrogen) atoms. The van der Waals surface area contributed by atoms with E-state index in [4.69, 9.17) is 0 Å². The normalized spacial score (nSPS) is 12.0. The fourth-order valence-corrected chi connectivity index (χ4v) is 2.66. The molecule has 0 spiro atoms. The number of aromatic nitrogens is 4. The summed E-state index contributed by atoms with van der Waals surface area (Å²) in [7, 11) is 0. The summed E-state index contributed by atoms with van der Waals surface area (Å²) in [4.78, 5) is 20.6. The van der Waals surface area contributed by atoms with Crippen molar-refractivity contribution in [3.05, 3.63) is 77.1 Å². The van der Waals surface area contributed by atoms with Crippen molar-refractivity contribution in [1.29, 1.82) is 0 Å². The molecule has 0 saturated heterocycles. The third-order valence-corrected chi connectivity index (χ3v) is 4.03. The van der Waals surface area contributed by atoms with E-state index in [-0.39, 0.29) is 11.9 Å². The summed E-state index contributed by atoms with van der Waals surface area (Å²) in [5.41, 5.74) is 4.58. The van der Waals surface area contributed by atoms with E-state index >= 15 is 0 Å². The highest BCUT2D eigenvalue weighted by Gasteiger charge is 2.12. The molecule has 1 atom stereocenters. The van der Waals surface area contributed by atoms with Crippen molar-refractivity contribution in [2.75, 3.05) is 0 Å². The minimum absolute atomic E-state index is 0.129. The van der Waals surface area contributed by atoms with Gasteiger partial charge in [-0.05, 0) is 44.5 Å². The summed E-state index contributed by atoms with van der Waals surface area (Å²) in [6, 6.07) is 9.43. The van der Waals surface area contributed by atoms with Gasteiger partial charge < -0.3 is 5.32 Å². The second-order valence-corrected chi connectivity index (χ2v) is 6.11. The van der Waals surface area contributed by atoms with E-state index < -0.39 is 0 Å². The van der Waals surface area contributed by atoms with Gasteiger partial charge in [-0.25, -0.2) is 0 Å². The maximum atomic E-state index is 12.4. The quantitative estimate of drug-likeness (QED) is 0.778. The molecule has 0 saturated carbocycles. The number of rotatable bonds is 5. The van der Waals surface area contributed by atoms with Gasteiger partial charge in [-0.15, -0.1) is 0 Å². The van der Waals surface area contributed by atoms with Gasteiger partial charge in [0.1, 0.15) is 0 Å². The van der Waals surface area contributed by atoms with E-state index in [0.29, 0.717) is 12.1 Å². The molecule has 1 aromatic carbocycles. The Morgan fingerprint density at radius 3 is 2.56 bits per heavy atom. The van der Waals surface area contributed by atoms with Crippen LogP contribution in [0.5, 0.6) is 0 Å². The summed E-state index contributed by atoms with van der Waals surface area (Å²) in [5, 5.41) is 7.40. The van der Waals surface area contributed by atoms with Crippen LogP contribution in [0.1, 0.15) is 46.0 Å². The molecule has 0 unspecified atom stereocenters. The maximum Gasteiger partial charge on any atom is 0.251 e. The Kier molecular flexibility index (Phi) is 4.88. The van der Waals surface area contributed by atoms with Crippen molar-refractivity contribution < 1.29 is 4.79 Å². The van der Waals surface area contributed by atoms with Gasteiger partial charge in [0.15, 0.2) is 0 Å². The molecule has 128 valence electrons. The number of carbonyl (C=O) groups excluding carboxylic acids is 1. The molecule has 1 N–H and O–H groups in total. The third-order valence-electron chi connectivity index (χ3n) is 4.03. The fraction of sp³-hybridized carbons (Fsp3) is 0.263. The van der Waals surface area contributed by atoms with E-state index in [0.717, 1.165) is 22.6 Å². The van der Waals surface area contributed by atoms with Crippen LogP contribution in [0.15, 0.2) is 48.9 Å². The van der Waals surface area contributed by atoms with Crippen molar-refractivity contribution in [1.82, 2.24) is 25.1 Å². The first-order valence-electron chi connectivity index (χ1n) is 8.19. The lowest BCUT2D eigenvalue weighted by Gasteiger charge is -2.13. The second kappa shape index (κ2) is 7.25. The molecule has 0 aliphatic rings. The Bertz CT molecular complexity index is 855. The van der Waals surface area contributed by atoms with Gasteiger partial charge in [-0.1, -0.05) is 12.1 Å². The highest BCUT2D eigenvalue weighted by molar-refractivity contribution is 5.94. The predicted molar refractivity (Wildman–Crippen MR) is 95.2 cm³/mol. The van der Waals surface area contributed by atoms with Crippen molar-refractivity contribution in [2.45, 2.75) is 33.4 Å². The maximum absolute atomic E-state index is 12.4. The van der Waals surface area contributed by atoms with Crippen LogP contribution in [0, 0.1) is 13.8 Å². The summed E-state index contributed by atoms with van der Waals surface area (Å²) < 4.78 is 1.96. The number of amides is 1. The lowest BCUT2D eigenvalue weighted by molar-refractivity contribution is 0.0939. The Labute approximate surface area is 146 Å². The van der Waals surface area contributed by atoms with Crippen LogP contribution in [0.3, 0.4) is 0 Å². The molecular weight excluding hydrogens is 314 g/mol. The lowest BCUT2D eigenvalue weighted by Crippen LogP contribution is -2.27. The average Bonchev–Trinajstić information content (AvgIpc) is 2.93. The Morgan fingerprint density at radius 2 is 1.96 bits per heavy atom. The lowest BCUT2D eigenvalue weighted by atomic mass is 10.1. The van der Waals surface area contributed by atoms with Crippen LogP contribution in [0.2, 0.25) is 0 Å². The standard InChI is InChI=1S/C19H21N5O/c1-13-10-14(2)24(23-13)12-16-4-6-17(7-5-16)19(25)22-15(3)18-11-20-8-9-21-18/h4-11,15H,12H2,1-3H3,(H,22,25)/t15-/m1/s1. The van der Waals surface area contributed by atoms with Crippen molar-refractivity contribution >= 4 is 5.91 Å². The first kappa shape index (κ1) is 16.8. The molecule has 2 aromatic heterocycles. The molecule has 0 fully saturated rings. The molecule has 0 radical (unpaired) electrons. The van der Waals surface area contributed by atoms with Gasteiger partial charge in [-0.3, -0.25) is 19.4 Å². The Balaban J connectivity index is 1.65. The molecule has 2 heterocycles. The van der Waals surface area contributed by atoms with Crippen LogP contribution >= 0.6 is 0 Å². The Morgan fingerprint density at radius 1 is 1.20 bits per heavy atom. The first-order chi connectivity index (χ1) is 12.0. The SMILES string of the molecule is Cc1cc(C)n(Cc2ccc(C(=O)N[C@H](C)c3cnccn3)cc2)n1. The summed E-state index contributed by atoms with van der Waals surface area (Å²) in [5.74, 6) is -0.129. The minimum Gasteiger partial charge on any atom is -0.344 e. The fourth-order valence-electron chi connectivity index (χ4n) is 2.66. The van der Waals surface area contributed by atoms with Crippen LogP contribution in [0.25, 0.3) is 0 Å². The molecule has 0 bridgehead atoms. The van der Waals surface area contributed by atoms with E-state index in [9.17, 15) is 4.79 Å². The van der Waals surface area contributed by atoms with Crippen LogP contribution in [0.4, 0.5) is 0 Å². The van der Waals surface area contributed by atoms with Gasteiger partial charge in [0.2, 0.25) is 0 Å². The molecule has 0 aliphatic carbocycles. The highest BCUT2D eigenvalue weighted by atomic mass is 16.1. The highest BCUT2D eigenvalue weighted by Crippen LogP contribution is 2.12. The molecule has 3 rings (SSSR count). The molecule has 6 heteroatoms. The summed E-state index contributed by atoms with van der Waals surface area (Å²) in [6.07, 6.45) is 4.88. The molecule has 0 aliphatic heterocycles. The number of nitrogens with zero attached hydrogens (tertiary/aromatic N) is 4. The number of benzene rings is 1. The van der Waals surface area contributed by atoms with Crippen molar-refractivity contribution in [2.24, 2.45) is 0 Å². The molecule has 6 nitrogen and oxygen atoms in total. The van der Waals surface area contributed by atoms with Crippen LogP contribution < -0.4 is 5.32 Å². The van der Waals surface area contributed by atoms with E-state index in [1.165, 1.54) is 0 Å². The van der Waals surface area contributed by atoms with E-state index in [2.05, 4.69) is 26.4 Å². The van der Waals surface area contributed by atoms with Crippen molar-refractivity contribution in [3.8, 4) is 0 Å². The van der Waals surface area contributed by atoms with Crippen LogP contribution in [-0.4, -0.2) is 25.7 Å². The zero-order chi connectivity index (χ0) is 17.8. The average molecular weight is 335 g/mol. The largest absolute Gasteiger partial charge is 0.344 e. The number of hydrogen-bond acceptors (Lipinski definition) is 4. The molecular formula is C19H21N5O. The second-order valence-electron chi connectivity index (χ2n) is 6.11. The number of aryl methyl sites for hydroxylation is 2. The van der Waals surface area contributed by atoms with Crippen molar-refractivity contribution in [3.63, 3.8) is 0 Å². The monoisotopic (exact) mass is 335 g/mol. The first-order valence-corrected chi connectivity index (χ1v) is 8.19. The molecule has 3 aromatic rings. The van der Waals surface area contributed by atoms with E-state index in [1.54, 1.807) is 18.6 Å². The van der Waals surface area contributed by atoms with Gasteiger partial charge in [0.05, 0.1) is 30.2 Å². The summed E-state index contributed by atoms with van der Waals surface area (Å²) >= 11 is 0. The topological polar surface area (TPSA) is 72.7 Å². The smallest absolute Gasteiger partial charge is 0.251 e. The minimum atomic E-state index is -0.199. The number of hydrogen-bond donors (Lipinski definition) is 1. The zero-order valence-corrected chi connectivity index (χ0v) is 14.6. The van der Waals surface area contributed by atoms with Crippen LogP contribution in [-0.2, 0) is 6.54 Å². The Hall–Kier alpha value is -3.02. The predicted octanol–water partition coefficient (Wildman–Crippen LogP) is 2.83. The van der Waals surface area contributed by atoms with Gasteiger partial charge in [0.25, 0.3) is 5.91 Å². The van der Waals surface area contributed by atoms with Gasteiger partial charge >= 0.3 is 0 Å². The third kappa shape index (κ3) is 4.09. The zero-order valence-electron chi connectivity index (χ0n) is 14.6. The number of nitrogens with one attached hydrogen (secondary N) is 1. The van der Waals surface area contributed by atoms with Gasteiger partial charge in [-0.2, -0.15) is 5.10 Å². The van der Waals surface area contributed by atoms with Gasteiger partial charge in [0, 0.05) is 23.7 Å². The number of carbonyl (C=O) groups is 1. The van der Waals surface area contributed by atoms with E-state index in [1.807, 2.05) is 49.7 Å².